The fraction of sp³-hybridized carbons (Fsp3) is 0.273. The van der Waals surface area contributed by atoms with Gasteiger partial charge in [0.2, 0.25) is 5.91 Å². The fourth-order valence-corrected chi connectivity index (χ4v) is 3.60. The third-order valence-corrected chi connectivity index (χ3v) is 5.03. The Hall–Kier alpha value is -2.73. The van der Waals surface area contributed by atoms with E-state index in [1.54, 1.807) is 17.0 Å². The van der Waals surface area contributed by atoms with E-state index in [1.165, 1.54) is 23.5 Å². The minimum Gasteiger partial charge on any atom is -0.493 e. The van der Waals surface area contributed by atoms with Crippen LogP contribution in [0.15, 0.2) is 47.8 Å². The number of ether oxygens (including phenoxy) is 1. The van der Waals surface area contributed by atoms with Crippen LogP contribution >= 0.6 is 11.3 Å². The molecule has 0 aliphatic rings. The van der Waals surface area contributed by atoms with E-state index in [9.17, 15) is 9.18 Å². The second kappa shape index (κ2) is 8.97. The summed E-state index contributed by atoms with van der Waals surface area (Å²) >= 11 is 1.54. The van der Waals surface area contributed by atoms with Gasteiger partial charge in [0, 0.05) is 11.1 Å². The summed E-state index contributed by atoms with van der Waals surface area (Å²) in [7, 11) is 0. The lowest BCUT2D eigenvalue weighted by Gasteiger charge is -2.22. The number of benzene rings is 2. The summed E-state index contributed by atoms with van der Waals surface area (Å²) in [6.07, 6.45) is 0.216. The Morgan fingerprint density at radius 2 is 1.79 bits per heavy atom. The predicted molar refractivity (Wildman–Crippen MR) is 110 cm³/mol. The van der Waals surface area contributed by atoms with E-state index in [2.05, 4.69) is 11.1 Å². The summed E-state index contributed by atoms with van der Waals surface area (Å²) in [5.41, 5.74) is 3.69. The van der Waals surface area contributed by atoms with Gasteiger partial charge in [-0.2, -0.15) is 0 Å². The van der Waals surface area contributed by atoms with Gasteiger partial charge in [-0.3, -0.25) is 4.79 Å². The summed E-state index contributed by atoms with van der Waals surface area (Å²) in [5.74, 6) is 0.328. The fourth-order valence-electron chi connectivity index (χ4n) is 2.99. The number of carbonyl (C=O) groups excluding carboxylic acids is 1. The standard InChI is InChI=1S/C22H23FN2O2S/c1-15-10-16(2)12-21(11-15)27-9-8-22(26)25(13-19-14-28-17(3)24-19)20-6-4-18(23)5-7-20/h4-7,10-12,14H,8-9,13H2,1-3H3. The topological polar surface area (TPSA) is 42.4 Å². The van der Waals surface area contributed by atoms with Crippen LogP contribution in [0.25, 0.3) is 0 Å². The highest BCUT2D eigenvalue weighted by atomic mass is 32.1. The number of thiazole rings is 1. The molecule has 1 aromatic heterocycles. The highest BCUT2D eigenvalue weighted by Crippen LogP contribution is 2.21. The van der Waals surface area contributed by atoms with Crippen molar-refractivity contribution in [2.24, 2.45) is 0 Å². The average molecular weight is 399 g/mol. The molecule has 0 aliphatic carbocycles. The number of amides is 1. The number of anilines is 1. The van der Waals surface area contributed by atoms with E-state index in [0.29, 0.717) is 12.2 Å². The quantitative estimate of drug-likeness (QED) is 0.549. The van der Waals surface area contributed by atoms with Gasteiger partial charge in [0.1, 0.15) is 11.6 Å². The minimum absolute atomic E-state index is 0.0957. The van der Waals surface area contributed by atoms with Crippen molar-refractivity contribution in [2.75, 3.05) is 11.5 Å². The van der Waals surface area contributed by atoms with Crippen molar-refractivity contribution in [3.63, 3.8) is 0 Å². The first kappa shape index (κ1) is 20.0. The summed E-state index contributed by atoms with van der Waals surface area (Å²) < 4.78 is 19.1. The molecule has 3 aromatic rings. The molecule has 0 saturated heterocycles. The van der Waals surface area contributed by atoms with Gasteiger partial charge >= 0.3 is 0 Å². The molecule has 4 nitrogen and oxygen atoms in total. The van der Waals surface area contributed by atoms with E-state index in [4.69, 9.17) is 4.74 Å². The molecule has 0 saturated carbocycles. The first-order chi connectivity index (χ1) is 13.4. The summed E-state index contributed by atoms with van der Waals surface area (Å²) in [6.45, 7) is 6.57. The van der Waals surface area contributed by atoms with Crippen LogP contribution in [0, 0.1) is 26.6 Å². The highest BCUT2D eigenvalue weighted by molar-refractivity contribution is 7.09. The third-order valence-electron chi connectivity index (χ3n) is 4.21. The number of carbonyl (C=O) groups is 1. The molecule has 0 unspecified atom stereocenters. The highest BCUT2D eigenvalue weighted by Gasteiger charge is 2.18. The van der Waals surface area contributed by atoms with E-state index in [1.807, 2.05) is 38.3 Å². The molecule has 146 valence electrons. The average Bonchev–Trinajstić information content (AvgIpc) is 3.05. The summed E-state index contributed by atoms with van der Waals surface area (Å²) in [4.78, 5) is 19.0. The molecule has 0 fully saturated rings. The van der Waals surface area contributed by atoms with Crippen LogP contribution < -0.4 is 9.64 Å². The molecule has 2 aromatic carbocycles. The zero-order valence-corrected chi connectivity index (χ0v) is 17.1. The van der Waals surface area contributed by atoms with Crippen molar-refractivity contribution >= 4 is 22.9 Å². The van der Waals surface area contributed by atoms with Gasteiger partial charge in [-0.15, -0.1) is 11.3 Å². The molecule has 3 rings (SSSR count). The van der Waals surface area contributed by atoms with Gasteiger partial charge in [-0.25, -0.2) is 9.37 Å². The lowest BCUT2D eigenvalue weighted by Crippen LogP contribution is -2.31. The third kappa shape index (κ3) is 5.39. The van der Waals surface area contributed by atoms with Gasteiger partial charge < -0.3 is 9.64 Å². The van der Waals surface area contributed by atoms with Gasteiger partial charge in [0.25, 0.3) is 0 Å². The van der Waals surface area contributed by atoms with Crippen molar-refractivity contribution in [2.45, 2.75) is 33.7 Å². The number of halogens is 1. The molecule has 0 radical (unpaired) electrons. The van der Waals surface area contributed by atoms with Crippen LogP contribution in [0.5, 0.6) is 5.75 Å². The minimum atomic E-state index is -0.334. The number of nitrogens with zero attached hydrogens (tertiary/aromatic N) is 2. The van der Waals surface area contributed by atoms with Crippen LogP contribution in [0.2, 0.25) is 0 Å². The monoisotopic (exact) mass is 398 g/mol. The van der Waals surface area contributed by atoms with Crippen LogP contribution in [0.3, 0.4) is 0 Å². The molecular formula is C22H23FN2O2S. The maximum Gasteiger partial charge on any atom is 0.230 e. The number of hydrogen-bond donors (Lipinski definition) is 0. The molecule has 6 heteroatoms. The normalized spacial score (nSPS) is 10.7. The molecule has 0 bridgehead atoms. The first-order valence-corrected chi connectivity index (χ1v) is 9.97. The van der Waals surface area contributed by atoms with Crippen molar-refractivity contribution in [1.82, 2.24) is 4.98 Å². The number of rotatable bonds is 7. The Morgan fingerprint density at radius 1 is 1.11 bits per heavy atom. The smallest absolute Gasteiger partial charge is 0.230 e. The second-order valence-electron chi connectivity index (χ2n) is 6.74. The molecular weight excluding hydrogens is 375 g/mol. The number of aromatic nitrogens is 1. The summed E-state index contributed by atoms with van der Waals surface area (Å²) in [6, 6.07) is 11.9. The molecule has 28 heavy (non-hydrogen) atoms. The molecule has 0 spiro atoms. The zero-order valence-electron chi connectivity index (χ0n) is 16.2. The largest absolute Gasteiger partial charge is 0.493 e. The van der Waals surface area contributed by atoms with Crippen LogP contribution in [0.4, 0.5) is 10.1 Å². The SMILES string of the molecule is Cc1cc(C)cc(OCCC(=O)N(Cc2csc(C)n2)c2ccc(F)cc2)c1. The molecule has 0 N–H and O–H groups in total. The molecule has 0 aliphatic heterocycles. The van der Waals surface area contributed by atoms with Crippen molar-refractivity contribution < 1.29 is 13.9 Å². The maximum atomic E-state index is 13.3. The Kier molecular flexibility index (Phi) is 6.41. The number of aryl methyl sites for hydroxylation is 3. The van der Waals surface area contributed by atoms with E-state index >= 15 is 0 Å². The Morgan fingerprint density at radius 3 is 2.39 bits per heavy atom. The van der Waals surface area contributed by atoms with Gasteiger partial charge in [0.15, 0.2) is 0 Å². The Bertz CT molecular complexity index is 933. The maximum absolute atomic E-state index is 13.3. The summed E-state index contributed by atoms with van der Waals surface area (Å²) in [5, 5.41) is 2.88. The molecule has 0 atom stereocenters. The van der Waals surface area contributed by atoms with E-state index < -0.39 is 0 Å². The predicted octanol–water partition coefficient (Wildman–Crippen LogP) is 5.21. The van der Waals surface area contributed by atoms with Crippen molar-refractivity contribution in [1.29, 1.82) is 0 Å². The van der Waals surface area contributed by atoms with Crippen molar-refractivity contribution in [3.8, 4) is 5.75 Å². The van der Waals surface area contributed by atoms with E-state index in [-0.39, 0.29) is 24.8 Å². The van der Waals surface area contributed by atoms with Crippen molar-refractivity contribution in [3.05, 3.63) is 75.5 Å². The van der Waals surface area contributed by atoms with Crippen LogP contribution in [-0.4, -0.2) is 17.5 Å². The van der Waals surface area contributed by atoms with Gasteiger partial charge in [-0.05, 0) is 68.3 Å². The lowest BCUT2D eigenvalue weighted by atomic mass is 10.1. The van der Waals surface area contributed by atoms with Crippen LogP contribution in [0.1, 0.15) is 28.2 Å². The van der Waals surface area contributed by atoms with Gasteiger partial charge in [0.05, 0.1) is 30.3 Å². The van der Waals surface area contributed by atoms with Gasteiger partial charge in [-0.1, -0.05) is 6.07 Å². The van der Waals surface area contributed by atoms with E-state index in [0.717, 1.165) is 27.6 Å². The zero-order chi connectivity index (χ0) is 20.1. The Labute approximate surface area is 168 Å². The molecule has 1 heterocycles. The Balaban J connectivity index is 1.69. The number of hydrogen-bond acceptors (Lipinski definition) is 4. The molecule has 1 amide bonds. The lowest BCUT2D eigenvalue weighted by molar-refractivity contribution is -0.119. The van der Waals surface area contributed by atoms with Crippen LogP contribution in [-0.2, 0) is 11.3 Å². The first-order valence-electron chi connectivity index (χ1n) is 9.09. The second-order valence-corrected chi connectivity index (χ2v) is 7.80.